The summed E-state index contributed by atoms with van der Waals surface area (Å²) >= 11 is 5.77. The largest absolute Gasteiger partial charge is 0.382 e. The van der Waals surface area contributed by atoms with Crippen molar-refractivity contribution < 1.29 is 9.13 Å². The van der Waals surface area contributed by atoms with E-state index in [9.17, 15) is 4.39 Å². The Morgan fingerprint density at radius 1 is 1.44 bits per heavy atom. The molecular formula is C14H21ClFNO. The number of nitrogens with one attached hydrogen (secondary N) is 1. The third-order valence-corrected chi connectivity index (χ3v) is 3.24. The van der Waals surface area contributed by atoms with Gasteiger partial charge < -0.3 is 10.1 Å². The number of halogens is 2. The molecule has 0 fully saturated rings. The Hall–Kier alpha value is -0.640. The summed E-state index contributed by atoms with van der Waals surface area (Å²) in [6.07, 6.45) is 2.58. The van der Waals surface area contributed by atoms with Gasteiger partial charge in [-0.15, -0.1) is 0 Å². The first-order chi connectivity index (χ1) is 8.69. The summed E-state index contributed by atoms with van der Waals surface area (Å²) in [7, 11) is 1.90. The summed E-state index contributed by atoms with van der Waals surface area (Å²) < 4.78 is 19.1. The van der Waals surface area contributed by atoms with Crippen LogP contribution in [0.1, 0.15) is 25.3 Å². The number of benzene rings is 1. The molecule has 0 spiro atoms. The lowest BCUT2D eigenvalue weighted by Crippen LogP contribution is -2.28. The van der Waals surface area contributed by atoms with Crippen LogP contribution in [0.25, 0.3) is 0 Å². The van der Waals surface area contributed by atoms with Gasteiger partial charge in [-0.2, -0.15) is 0 Å². The van der Waals surface area contributed by atoms with Crippen molar-refractivity contribution in [3.63, 3.8) is 0 Å². The van der Waals surface area contributed by atoms with E-state index in [0.29, 0.717) is 12.0 Å². The fourth-order valence-electron chi connectivity index (χ4n) is 1.90. The van der Waals surface area contributed by atoms with Gasteiger partial charge in [-0.1, -0.05) is 23.7 Å². The molecule has 0 aliphatic rings. The second-order valence-electron chi connectivity index (χ2n) is 4.24. The van der Waals surface area contributed by atoms with Crippen molar-refractivity contribution in [2.75, 3.05) is 20.3 Å². The first kappa shape index (κ1) is 15.4. The third-order valence-electron chi connectivity index (χ3n) is 2.95. The minimum absolute atomic E-state index is 0.191. The van der Waals surface area contributed by atoms with Crippen LogP contribution in [0.5, 0.6) is 0 Å². The van der Waals surface area contributed by atoms with Gasteiger partial charge in [-0.25, -0.2) is 4.39 Å². The van der Waals surface area contributed by atoms with Crippen LogP contribution in [0, 0.1) is 5.82 Å². The van der Waals surface area contributed by atoms with Crippen LogP contribution < -0.4 is 5.32 Å². The van der Waals surface area contributed by atoms with Crippen molar-refractivity contribution in [3.05, 3.63) is 34.6 Å². The number of hydrogen-bond acceptors (Lipinski definition) is 2. The van der Waals surface area contributed by atoms with Gasteiger partial charge in [0.2, 0.25) is 0 Å². The van der Waals surface area contributed by atoms with Gasteiger partial charge in [0.05, 0.1) is 5.02 Å². The fraction of sp³-hybridized carbons (Fsp3) is 0.571. The van der Waals surface area contributed by atoms with E-state index in [2.05, 4.69) is 5.32 Å². The second kappa shape index (κ2) is 8.46. The lowest BCUT2D eigenvalue weighted by atomic mass is 10.0. The highest BCUT2D eigenvalue weighted by molar-refractivity contribution is 6.30. The number of hydrogen-bond donors (Lipinski definition) is 1. The molecule has 1 aromatic rings. The summed E-state index contributed by atoms with van der Waals surface area (Å²) in [5, 5.41) is 3.40. The van der Waals surface area contributed by atoms with Crippen LogP contribution in [-0.4, -0.2) is 26.3 Å². The van der Waals surface area contributed by atoms with Crippen LogP contribution in [0.15, 0.2) is 18.2 Å². The smallest absolute Gasteiger partial charge is 0.145 e. The Bertz CT molecular complexity index is 360. The molecule has 4 heteroatoms. The van der Waals surface area contributed by atoms with Gasteiger partial charge in [0.15, 0.2) is 0 Å². The van der Waals surface area contributed by atoms with Crippen molar-refractivity contribution >= 4 is 11.6 Å². The summed E-state index contributed by atoms with van der Waals surface area (Å²) in [6.45, 7) is 3.48. The molecule has 0 radical (unpaired) electrons. The second-order valence-corrected chi connectivity index (χ2v) is 4.65. The summed E-state index contributed by atoms with van der Waals surface area (Å²) in [5.74, 6) is -0.302. The molecule has 0 heterocycles. The number of rotatable bonds is 8. The molecule has 0 bridgehead atoms. The Labute approximate surface area is 113 Å². The van der Waals surface area contributed by atoms with Gasteiger partial charge in [-0.05, 0) is 44.9 Å². The highest BCUT2D eigenvalue weighted by Gasteiger charge is 2.12. The number of ether oxygens (including phenoxy) is 1. The minimum atomic E-state index is -0.302. The predicted octanol–water partition coefficient (Wildman–Crippen LogP) is 3.43. The van der Waals surface area contributed by atoms with Gasteiger partial charge in [0.1, 0.15) is 5.82 Å². The molecule has 2 nitrogen and oxygen atoms in total. The van der Waals surface area contributed by atoms with Crippen LogP contribution in [0.2, 0.25) is 5.02 Å². The molecule has 1 N–H and O–H groups in total. The van der Waals surface area contributed by atoms with Crippen LogP contribution in [0.3, 0.4) is 0 Å². The lowest BCUT2D eigenvalue weighted by Gasteiger charge is -2.16. The quantitative estimate of drug-likeness (QED) is 0.733. The summed E-state index contributed by atoms with van der Waals surface area (Å²) in [4.78, 5) is 0. The van der Waals surface area contributed by atoms with Gasteiger partial charge >= 0.3 is 0 Å². The average molecular weight is 274 g/mol. The zero-order chi connectivity index (χ0) is 13.4. The Morgan fingerprint density at radius 3 is 2.89 bits per heavy atom. The van der Waals surface area contributed by atoms with Crippen molar-refractivity contribution in [1.82, 2.24) is 5.32 Å². The molecule has 1 unspecified atom stereocenters. The van der Waals surface area contributed by atoms with Gasteiger partial charge in [0.25, 0.3) is 0 Å². The zero-order valence-corrected chi connectivity index (χ0v) is 11.8. The van der Waals surface area contributed by atoms with E-state index in [1.807, 2.05) is 14.0 Å². The van der Waals surface area contributed by atoms with E-state index in [4.69, 9.17) is 16.3 Å². The van der Waals surface area contributed by atoms with Crippen molar-refractivity contribution in [3.8, 4) is 0 Å². The van der Waals surface area contributed by atoms with E-state index < -0.39 is 0 Å². The molecule has 0 aromatic heterocycles. The predicted molar refractivity (Wildman–Crippen MR) is 73.7 cm³/mol. The van der Waals surface area contributed by atoms with Crippen molar-refractivity contribution in [2.24, 2.45) is 0 Å². The van der Waals surface area contributed by atoms with Crippen LogP contribution >= 0.6 is 11.6 Å². The Morgan fingerprint density at radius 2 is 2.22 bits per heavy atom. The summed E-state index contributed by atoms with van der Waals surface area (Å²) in [6, 6.07) is 5.39. The minimum Gasteiger partial charge on any atom is -0.382 e. The molecule has 0 aliphatic carbocycles. The molecule has 0 saturated carbocycles. The Kier molecular flexibility index (Phi) is 7.25. The summed E-state index contributed by atoms with van der Waals surface area (Å²) in [5.41, 5.74) is 0.665. The fourth-order valence-corrected chi connectivity index (χ4v) is 2.09. The molecule has 1 rings (SSSR count). The van der Waals surface area contributed by atoms with Crippen molar-refractivity contribution in [2.45, 2.75) is 32.2 Å². The molecule has 0 amide bonds. The van der Waals surface area contributed by atoms with E-state index in [1.165, 1.54) is 0 Å². The Balaban J connectivity index is 2.49. The number of likely N-dealkylation sites (N-methyl/N-ethyl adjacent to an activating group) is 1. The maximum Gasteiger partial charge on any atom is 0.145 e. The highest BCUT2D eigenvalue weighted by Crippen LogP contribution is 2.19. The maximum atomic E-state index is 13.8. The molecule has 18 heavy (non-hydrogen) atoms. The van der Waals surface area contributed by atoms with E-state index in [0.717, 1.165) is 26.1 Å². The first-order valence-corrected chi connectivity index (χ1v) is 6.74. The average Bonchev–Trinajstić information content (AvgIpc) is 2.38. The van der Waals surface area contributed by atoms with E-state index in [-0.39, 0.29) is 16.9 Å². The highest BCUT2D eigenvalue weighted by atomic mass is 35.5. The molecular weight excluding hydrogens is 253 g/mol. The zero-order valence-electron chi connectivity index (χ0n) is 11.0. The monoisotopic (exact) mass is 273 g/mol. The molecule has 1 atom stereocenters. The normalized spacial score (nSPS) is 12.7. The molecule has 1 aromatic carbocycles. The third kappa shape index (κ3) is 4.92. The maximum absolute atomic E-state index is 13.8. The molecule has 0 saturated heterocycles. The standard InChI is InChI=1S/C14H21ClFNO/c1-3-18-9-5-7-12(17-2)10-11-6-4-8-13(15)14(11)16/h4,6,8,12,17H,3,5,7,9-10H2,1-2H3. The van der Waals surface area contributed by atoms with Crippen LogP contribution in [-0.2, 0) is 11.2 Å². The van der Waals surface area contributed by atoms with Crippen molar-refractivity contribution in [1.29, 1.82) is 0 Å². The lowest BCUT2D eigenvalue weighted by molar-refractivity contribution is 0.141. The van der Waals surface area contributed by atoms with Crippen LogP contribution in [0.4, 0.5) is 4.39 Å². The molecule has 0 aliphatic heterocycles. The van der Waals surface area contributed by atoms with Gasteiger partial charge in [-0.3, -0.25) is 0 Å². The SMILES string of the molecule is CCOCCCC(Cc1cccc(Cl)c1F)NC. The molecule has 102 valence electrons. The van der Waals surface area contributed by atoms with E-state index in [1.54, 1.807) is 18.2 Å². The topological polar surface area (TPSA) is 21.3 Å². The van der Waals surface area contributed by atoms with Gasteiger partial charge in [0, 0.05) is 19.3 Å². The first-order valence-electron chi connectivity index (χ1n) is 6.37. The van der Waals surface area contributed by atoms with E-state index >= 15 is 0 Å².